The molecule has 1 heterocycles. The minimum Gasteiger partial charge on any atom is -0.495 e. The van der Waals surface area contributed by atoms with E-state index in [1.807, 2.05) is 0 Å². The van der Waals surface area contributed by atoms with E-state index in [2.05, 4.69) is 10.0 Å². The van der Waals surface area contributed by atoms with Gasteiger partial charge in [0.1, 0.15) is 16.4 Å². The lowest BCUT2D eigenvalue weighted by atomic mass is 10.3. The van der Waals surface area contributed by atoms with Gasteiger partial charge in [0.2, 0.25) is 5.91 Å². The van der Waals surface area contributed by atoms with Crippen LogP contribution in [0.15, 0.2) is 76.2 Å². The molecule has 9 heteroatoms. The van der Waals surface area contributed by atoms with Crippen molar-refractivity contribution in [3.8, 4) is 5.75 Å². The molecular formula is C20H17ClN2O5S. The first-order chi connectivity index (χ1) is 13.9. The van der Waals surface area contributed by atoms with Crippen LogP contribution < -0.4 is 14.8 Å². The van der Waals surface area contributed by atoms with Crippen LogP contribution in [0.3, 0.4) is 0 Å². The number of carbonyl (C=O) groups excluding carboxylic acids is 1. The zero-order valence-corrected chi connectivity index (χ0v) is 16.8. The van der Waals surface area contributed by atoms with E-state index in [1.54, 1.807) is 30.3 Å². The van der Waals surface area contributed by atoms with E-state index in [1.165, 1.54) is 49.8 Å². The van der Waals surface area contributed by atoms with Crippen molar-refractivity contribution in [3.63, 3.8) is 0 Å². The van der Waals surface area contributed by atoms with Crippen molar-refractivity contribution in [1.29, 1.82) is 0 Å². The molecule has 7 nitrogen and oxygen atoms in total. The molecule has 0 radical (unpaired) electrons. The average molecular weight is 433 g/mol. The van der Waals surface area contributed by atoms with E-state index in [0.29, 0.717) is 5.76 Å². The molecule has 3 aromatic rings. The number of ether oxygens (including phenoxy) is 1. The number of anilines is 2. The number of furan rings is 1. The maximum Gasteiger partial charge on any atom is 0.265 e. The first-order valence-electron chi connectivity index (χ1n) is 8.37. The molecule has 29 heavy (non-hydrogen) atoms. The molecule has 2 aromatic carbocycles. The lowest BCUT2D eigenvalue weighted by molar-refractivity contribution is -0.111. The van der Waals surface area contributed by atoms with E-state index < -0.39 is 15.9 Å². The maximum absolute atomic E-state index is 12.9. The molecule has 0 unspecified atom stereocenters. The van der Waals surface area contributed by atoms with Crippen molar-refractivity contribution >= 4 is 45.0 Å². The number of rotatable bonds is 7. The Bertz CT molecular complexity index is 1140. The Morgan fingerprint density at radius 3 is 2.62 bits per heavy atom. The van der Waals surface area contributed by atoms with Gasteiger partial charge in [-0.05, 0) is 48.5 Å². The number of sulfonamides is 1. The van der Waals surface area contributed by atoms with Crippen LogP contribution in [-0.4, -0.2) is 21.4 Å². The molecule has 150 valence electrons. The predicted molar refractivity (Wildman–Crippen MR) is 112 cm³/mol. The zero-order chi connectivity index (χ0) is 20.9. The van der Waals surface area contributed by atoms with Gasteiger partial charge >= 0.3 is 0 Å². The lowest BCUT2D eigenvalue weighted by Gasteiger charge is -2.14. The number of benzene rings is 2. The molecule has 0 bridgehead atoms. The Kier molecular flexibility index (Phi) is 6.26. The molecule has 0 atom stereocenters. The number of halogens is 1. The number of nitrogens with one attached hydrogen (secondary N) is 2. The molecule has 2 N–H and O–H groups in total. The minimum atomic E-state index is -4.03. The third-order valence-electron chi connectivity index (χ3n) is 3.78. The third-order valence-corrected chi connectivity index (χ3v) is 5.50. The van der Waals surface area contributed by atoms with Crippen LogP contribution >= 0.6 is 11.6 Å². The molecule has 0 spiro atoms. The summed E-state index contributed by atoms with van der Waals surface area (Å²) >= 11 is 6.04. The van der Waals surface area contributed by atoms with Gasteiger partial charge in [-0.2, -0.15) is 0 Å². The number of carbonyl (C=O) groups is 1. The molecule has 0 saturated heterocycles. The molecule has 3 rings (SSSR count). The summed E-state index contributed by atoms with van der Waals surface area (Å²) < 4.78 is 38.4. The highest BCUT2D eigenvalue weighted by Gasteiger charge is 2.21. The van der Waals surface area contributed by atoms with Gasteiger partial charge in [0, 0.05) is 11.8 Å². The van der Waals surface area contributed by atoms with Crippen molar-refractivity contribution in [2.24, 2.45) is 0 Å². The van der Waals surface area contributed by atoms with Crippen molar-refractivity contribution in [3.05, 3.63) is 77.7 Å². The fraction of sp³-hybridized carbons (Fsp3) is 0.0500. The third kappa shape index (κ3) is 5.18. The molecule has 0 aliphatic heterocycles. The number of methoxy groups -OCH3 is 1. The van der Waals surface area contributed by atoms with Crippen molar-refractivity contribution in [2.75, 3.05) is 17.1 Å². The SMILES string of the molecule is COc1ccc(NC(=O)/C=C/c2ccco2)cc1S(=O)(=O)Nc1ccccc1Cl. The Hall–Kier alpha value is -3.23. The van der Waals surface area contributed by atoms with E-state index in [4.69, 9.17) is 20.8 Å². The lowest BCUT2D eigenvalue weighted by Crippen LogP contribution is -2.15. The van der Waals surface area contributed by atoms with Crippen LogP contribution in [0.2, 0.25) is 5.02 Å². The molecular weight excluding hydrogens is 416 g/mol. The first kappa shape index (κ1) is 20.5. The van der Waals surface area contributed by atoms with Crippen molar-refractivity contribution in [1.82, 2.24) is 0 Å². The highest BCUT2D eigenvalue weighted by molar-refractivity contribution is 7.92. The van der Waals surface area contributed by atoms with Gasteiger partial charge in [0.25, 0.3) is 10.0 Å². The van der Waals surface area contributed by atoms with Gasteiger partial charge < -0.3 is 14.5 Å². The molecule has 1 amide bonds. The van der Waals surface area contributed by atoms with Crippen LogP contribution in [0.5, 0.6) is 5.75 Å². The second-order valence-electron chi connectivity index (χ2n) is 5.79. The summed E-state index contributed by atoms with van der Waals surface area (Å²) in [5.41, 5.74) is 0.506. The van der Waals surface area contributed by atoms with Gasteiger partial charge in [-0.25, -0.2) is 8.42 Å². The Labute approximate surface area is 173 Å². The fourth-order valence-electron chi connectivity index (χ4n) is 2.44. The number of hydrogen-bond donors (Lipinski definition) is 2. The van der Waals surface area contributed by atoms with E-state index >= 15 is 0 Å². The topological polar surface area (TPSA) is 97.6 Å². The Balaban J connectivity index is 1.84. The standard InChI is InChI=1S/C20H17ClN2O5S/c1-27-18-10-8-14(22-20(24)11-9-15-5-4-12-28-15)13-19(18)29(25,26)23-17-7-3-2-6-16(17)21/h2-13,23H,1H3,(H,22,24)/b11-9+. The first-order valence-corrected chi connectivity index (χ1v) is 10.2. The van der Waals surface area contributed by atoms with E-state index in [-0.39, 0.29) is 27.0 Å². The van der Waals surface area contributed by atoms with E-state index in [9.17, 15) is 13.2 Å². The van der Waals surface area contributed by atoms with Crippen LogP contribution in [-0.2, 0) is 14.8 Å². The predicted octanol–water partition coefficient (Wildman–Crippen LogP) is 4.39. The summed E-state index contributed by atoms with van der Waals surface area (Å²) in [7, 11) is -2.67. The number of amides is 1. The smallest absolute Gasteiger partial charge is 0.265 e. The van der Waals surface area contributed by atoms with Gasteiger partial charge in [-0.1, -0.05) is 23.7 Å². The highest BCUT2D eigenvalue weighted by atomic mass is 35.5. The molecule has 0 fully saturated rings. The summed E-state index contributed by atoms with van der Waals surface area (Å²) in [5.74, 6) is 0.185. The summed E-state index contributed by atoms with van der Waals surface area (Å²) in [5, 5.41) is 2.85. The molecule has 0 aliphatic rings. The highest BCUT2D eigenvalue weighted by Crippen LogP contribution is 2.30. The largest absolute Gasteiger partial charge is 0.495 e. The molecule has 0 saturated carbocycles. The van der Waals surface area contributed by atoms with Gasteiger partial charge in [-0.3, -0.25) is 9.52 Å². The monoisotopic (exact) mass is 432 g/mol. The number of hydrogen-bond acceptors (Lipinski definition) is 5. The van der Waals surface area contributed by atoms with Crippen molar-refractivity contribution in [2.45, 2.75) is 4.90 Å². The summed E-state index contributed by atoms with van der Waals surface area (Å²) in [6.45, 7) is 0. The Morgan fingerprint density at radius 2 is 1.93 bits per heavy atom. The normalized spacial score (nSPS) is 11.4. The fourth-order valence-corrected chi connectivity index (χ4v) is 3.95. The van der Waals surface area contributed by atoms with Crippen LogP contribution in [0.4, 0.5) is 11.4 Å². The second kappa shape index (κ2) is 8.85. The number of para-hydroxylation sites is 1. The van der Waals surface area contributed by atoms with Crippen LogP contribution in [0.25, 0.3) is 6.08 Å². The van der Waals surface area contributed by atoms with Gasteiger partial charge in [-0.15, -0.1) is 0 Å². The summed E-state index contributed by atoms with van der Waals surface area (Å²) in [6, 6.07) is 14.1. The molecule has 1 aromatic heterocycles. The minimum absolute atomic E-state index is 0.119. The van der Waals surface area contributed by atoms with Crippen molar-refractivity contribution < 1.29 is 22.4 Å². The van der Waals surface area contributed by atoms with E-state index in [0.717, 1.165) is 0 Å². The quantitative estimate of drug-likeness (QED) is 0.539. The zero-order valence-electron chi connectivity index (χ0n) is 15.3. The van der Waals surface area contributed by atoms with Crippen LogP contribution in [0, 0.1) is 0 Å². The molecule has 0 aliphatic carbocycles. The average Bonchev–Trinajstić information content (AvgIpc) is 3.22. The summed E-state index contributed by atoms with van der Waals surface area (Å²) in [6.07, 6.45) is 4.26. The Morgan fingerprint density at radius 1 is 1.14 bits per heavy atom. The summed E-state index contributed by atoms with van der Waals surface area (Å²) in [4.78, 5) is 12.0. The second-order valence-corrected chi connectivity index (χ2v) is 7.85. The van der Waals surface area contributed by atoms with Gasteiger partial charge in [0.15, 0.2) is 0 Å². The maximum atomic E-state index is 12.9. The van der Waals surface area contributed by atoms with Crippen LogP contribution in [0.1, 0.15) is 5.76 Å². The van der Waals surface area contributed by atoms with Gasteiger partial charge in [0.05, 0.1) is 24.1 Å².